The maximum absolute atomic E-state index is 13.1. The van der Waals surface area contributed by atoms with Crippen molar-refractivity contribution in [2.75, 3.05) is 5.32 Å². The van der Waals surface area contributed by atoms with E-state index in [9.17, 15) is 19.3 Å². The van der Waals surface area contributed by atoms with Gasteiger partial charge in [0.05, 0.1) is 15.1 Å². The summed E-state index contributed by atoms with van der Waals surface area (Å²) >= 11 is 1.13. The first-order chi connectivity index (χ1) is 10.9. The number of benzene rings is 2. The number of hydrogen-bond donors (Lipinski definition) is 1. The normalized spacial score (nSPS) is 10.7. The molecule has 23 heavy (non-hydrogen) atoms. The molecule has 0 bridgehead atoms. The zero-order valence-corrected chi connectivity index (χ0v) is 12.7. The molecule has 0 spiro atoms. The molecule has 1 amide bonds. The Labute approximate surface area is 133 Å². The predicted octanol–water partition coefficient (Wildman–Crippen LogP) is 3.90. The predicted molar refractivity (Wildman–Crippen MR) is 85.4 cm³/mol. The molecule has 0 saturated carbocycles. The molecule has 0 aliphatic carbocycles. The number of hydrogen-bond acceptors (Lipinski definition) is 5. The molecule has 1 heterocycles. The number of fused-ring (bicyclic) bond motifs is 1. The molecule has 1 N–H and O–H groups in total. The number of halogens is 1. The summed E-state index contributed by atoms with van der Waals surface area (Å²) in [7, 11) is 0. The van der Waals surface area contributed by atoms with Crippen LogP contribution in [-0.4, -0.2) is 15.8 Å². The molecule has 0 aliphatic heterocycles. The zero-order chi connectivity index (χ0) is 16.6. The summed E-state index contributed by atoms with van der Waals surface area (Å²) in [5, 5.41) is 13.8. The highest BCUT2D eigenvalue weighted by atomic mass is 32.1. The van der Waals surface area contributed by atoms with Crippen LogP contribution in [0.1, 0.15) is 15.9 Å². The van der Waals surface area contributed by atoms with Crippen molar-refractivity contribution in [2.24, 2.45) is 0 Å². The van der Waals surface area contributed by atoms with E-state index in [1.165, 1.54) is 30.3 Å². The van der Waals surface area contributed by atoms with Gasteiger partial charge in [-0.05, 0) is 30.7 Å². The lowest BCUT2D eigenvalue weighted by Crippen LogP contribution is -2.11. The fourth-order valence-corrected chi connectivity index (χ4v) is 3.11. The lowest BCUT2D eigenvalue weighted by atomic mass is 10.2. The molecule has 0 unspecified atom stereocenters. The number of nitrogens with zero attached hydrogens (tertiary/aromatic N) is 2. The Balaban J connectivity index is 1.93. The van der Waals surface area contributed by atoms with E-state index in [0.29, 0.717) is 20.9 Å². The highest BCUT2D eigenvalue weighted by Crippen LogP contribution is 2.32. The van der Waals surface area contributed by atoms with E-state index in [-0.39, 0.29) is 11.3 Å². The van der Waals surface area contributed by atoms with Crippen molar-refractivity contribution in [3.05, 3.63) is 63.5 Å². The molecule has 0 radical (unpaired) electrons. The average molecular weight is 331 g/mol. The minimum Gasteiger partial charge on any atom is -0.298 e. The van der Waals surface area contributed by atoms with Gasteiger partial charge in [0.15, 0.2) is 5.13 Å². The Morgan fingerprint density at radius 1 is 1.35 bits per heavy atom. The van der Waals surface area contributed by atoms with Crippen LogP contribution in [0.5, 0.6) is 0 Å². The molecule has 0 aliphatic rings. The molecule has 0 saturated heterocycles. The van der Waals surface area contributed by atoms with Gasteiger partial charge in [0.2, 0.25) is 0 Å². The van der Waals surface area contributed by atoms with Gasteiger partial charge in [-0.1, -0.05) is 17.4 Å². The number of thiazole rings is 1. The number of non-ortho nitro benzene ring substituents is 1. The Bertz CT molecular complexity index is 939. The highest BCUT2D eigenvalue weighted by Gasteiger charge is 2.15. The number of aryl methyl sites for hydroxylation is 1. The Kier molecular flexibility index (Phi) is 3.75. The third-order valence-electron chi connectivity index (χ3n) is 3.19. The number of nitrogens with one attached hydrogen (secondary N) is 1. The van der Waals surface area contributed by atoms with Crippen LogP contribution in [0.25, 0.3) is 10.2 Å². The first-order valence-corrected chi connectivity index (χ1v) is 7.38. The second-order valence-electron chi connectivity index (χ2n) is 4.85. The summed E-state index contributed by atoms with van der Waals surface area (Å²) in [6.45, 7) is 1.72. The average Bonchev–Trinajstić information content (AvgIpc) is 2.90. The molecule has 3 rings (SSSR count). The maximum Gasteiger partial charge on any atom is 0.271 e. The van der Waals surface area contributed by atoms with Gasteiger partial charge in [-0.3, -0.25) is 20.2 Å². The van der Waals surface area contributed by atoms with E-state index in [0.717, 1.165) is 17.4 Å². The van der Waals surface area contributed by atoms with Crippen molar-refractivity contribution in [2.45, 2.75) is 6.92 Å². The third kappa shape index (κ3) is 3.02. The van der Waals surface area contributed by atoms with Gasteiger partial charge in [-0.25, -0.2) is 9.37 Å². The number of rotatable bonds is 3. The SMILES string of the molecule is Cc1cc([N+](=O)[O-])cc2sc(NC(=O)c3cccc(F)c3)nc12. The van der Waals surface area contributed by atoms with Crippen LogP contribution in [-0.2, 0) is 0 Å². The quantitative estimate of drug-likeness (QED) is 0.582. The fourth-order valence-electron chi connectivity index (χ4n) is 2.14. The monoisotopic (exact) mass is 331 g/mol. The van der Waals surface area contributed by atoms with Crippen molar-refractivity contribution in [1.82, 2.24) is 4.98 Å². The van der Waals surface area contributed by atoms with E-state index in [2.05, 4.69) is 10.3 Å². The molecule has 3 aromatic rings. The standard InChI is InChI=1S/C15H10FN3O3S/c1-8-5-11(19(21)22)7-12-13(8)17-15(23-12)18-14(20)9-3-2-4-10(16)6-9/h2-7H,1H3,(H,17,18,20). The third-order valence-corrected chi connectivity index (χ3v) is 4.11. The van der Waals surface area contributed by atoms with Gasteiger partial charge in [0.1, 0.15) is 5.82 Å². The minimum absolute atomic E-state index is 0.0262. The second-order valence-corrected chi connectivity index (χ2v) is 5.88. The van der Waals surface area contributed by atoms with Crippen LogP contribution in [0.15, 0.2) is 36.4 Å². The van der Waals surface area contributed by atoms with Crippen LogP contribution < -0.4 is 5.32 Å². The Hall–Kier alpha value is -2.87. The molecular weight excluding hydrogens is 321 g/mol. The smallest absolute Gasteiger partial charge is 0.271 e. The van der Waals surface area contributed by atoms with E-state index in [1.807, 2.05) is 0 Å². The van der Waals surface area contributed by atoms with E-state index in [1.54, 1.807) is 6.92 Å². The molecule has 6 nitrogen and oxygen atoms in total. The maximum atomic E-state index is 13.1. The minimum atomic E-state index is -0.506. The van der Waals surface area contributed by atoms with Crippen molar-refractivity contribution < 1.29 is 14.1 Å². The van der Waals surface area contributed by atoms with Crippen molar-refractivity contribution in [3.8, 4) is 0 Å². The van der Waals surface area contributed by atoms with Crippen molar-refractivity contribution in [3.63, 3.8) is 0 Å². The van der Waals surface area contributed by atoms with Gasteiger partial charge >= 0.3 is 0 Å². The summed E-state index contributed by atoms with van der Waals surface area (Å²) in [6, 6.07) is 8.14. The van der Waals surface area contributed by atoms with Crippen molar-refractivity contribution >= 4 is 38.3 Å². The number of carbonyl (C=O) groups is 1. The number of carbonyl (C=O) groups excluding carboxylic acids is 1. The summed E-state index contributed by atoms with van der Waals surface area (Å²) in [5.74, 6) is -0.996. The molecule has 8 heteroatoms. The summed E-state index contributed by atoms with van der Waals surface area (Å²) in [4.78, 5) is 26.8. The largest absolute Gasteiger partial charge is 0.298 e. The van der Waals surface area contributed by atoms with Crippen LogP contribution in [0.4, 0.5) is 15.2 Å². The lowest BCUT2D eigenvalue weighted by molar-refractivity contribution is -0.384. The number of aromatic nitrogens is 1. The van der Waals surface area contributed by atoms with Gasteiger partial charge in [-0.2, -0.15) is 0 Å². The van der Waals surface area contributed by atoms with Gasteiger partial charge in [0, 0.05) is 17.7 Å². The molecule has 116 valence electrons. The number of nitro groups is 1. The lowest BCUT2D eigenvalue weighted by Gasteiger charge is -2.01. The topological polar surface area (TPSA) is 85.1 Å². The van der Waals surface area contributed by atoms with Crippen LogP contribution >= 0.6 is 11.3 Å². The van der Waals surface area contributed by atoms with Crippen molar-refractivity contribution in [1.29, 1.82) is 0 Å². The van der Waals surface area contributed by atoms with Crippen LogP contribution in [0.2, 0.25) is 0 Å². The van der Waals surface area contributed by atoms with E-state index in [4.69, 9.17) is 0 Å². The molecule has 2 aromatic carbocycles. The first-order valence-electron chi connectivity index (χ1n) is 6.56. The van der Waals surface area contributed by atoms with E-state index >= 15 is 0 Å². The number of anilines is 1. The van der Waals surface area contributed by atoms with E-state index < -0.39 is 16.6 Å². The van der Waals surface area contributed by atoms with Gasteiger partial charge in [0.25, 0.3) is 11.6 Å². The highest BCUT2D eigenvalue weighted by molar-refractivity contribution is 7.22. The molecular formula is C15H10FN3O3S. The van der Waals surface area contributed by atoms with Crippen LogP contribution in [0.3, 0.4) is 0 Å². The molecule has 0 atom stereocenters. The summed E-state index contributed by atoms with van der Waals surface area (Å²) in [5.41, 5.74) is 1.39. The summed E-state index contributed by atoms with van der Waals surface area (Å²) < 4.78 is 13.8. The second kappa shape index (κ2) is 5.73. The number of amides is 1. The van der Waals surface area contributed by atoms with Gasteiger partial charge < -0.3 is 0 Å². The van der Waals surface area contributed by atoms with Crippen LogP contribution in [0, 0.1) is 22.9 Å². The molecule has 0 fully saturated rings. The zero-order valence-electron chi connectivity index (χ0n) is 11.9. The number of nitro benzene ring substituents is 1. The summed E-state index contributed by atoms with van der Waals surface area (Å²) in [6.07, 6.45) is 0. The first kappa shape index (κ1) is 15.0. The molecule has 1 aromatic heterocycles. The fraction of sp³-hybridized carbons (Fsp3) is 0.0667. The Morgan fingerprint density at radius 2 is 2.13 bits per heavy atom. The van der Waals surface area contributed by atoms with Gasteiger partial charge in [-0.15, -0.1) is 0 Å². The Morgan fingerprint density at radius 3 is 2.83 bits per heavy atom.